The molecule has 1 aromatic rings. The van der Waals surface area contributed by atoms with E-state index in [0.29, 0.717) is 4.68 Å². The SMILES string of the molecule is CCOC(=O)Cn1nc(C(F)(F)F)c2c1C(F)(F)C1CC21. The molecule has 116 valence electrons. The number of ether oxygens (including phenoxy) is 1. The van der Waals surface area contributed by atoms with E-state index in [4.69, 9.17) is 0 Å². The van der Waals surface area contributed by atoms with E-state index in [1.807, 2.05) is 0 Å². The van der Waals surface area contributed by atoms with Crippen LogP contribution in [0.5, 0.6) is 0 Å². The second kappa shape index (κ2) is 4.17. The second-order valence-corrected chi connectivity index (χ2v) is 5.14. The highest BCUT2D eigenvalue weighted by molar-refractivity contribution is 5.69. The first kappa shape index (κ1) is 14.3. The van der Waals surface area contributed by atoms with Gasteiger partial charge in [-0.3, -0.25) is 9.48 Å². The van der Waals surface area contributed by atoms with E-state index in [1.165, 1.54) is 6.92 Å². The van der Waals surface area contributed by atoms with Gasteiger partial charge in [0.15, 0.2) is 5.69 Å². The highest BCUT2D eigenvalue weighted by atomic mass is 19.4. The van der Waals surface area contributed by atoms with Crippen LogP contribution in [-0.2, 0) is 28.2 Å². The quantitative estimate of drug-likeness (QED) is 0.637. The molecule has 0 radical (unpaired) electrons. The van der Waals surface area contributed by atoms with Gasteiger partial charge in [0.2, 0.25) is 0 Å². The third kappa shape index (κ3) is 2.01. The Balaban J connectivity index is 2.06. The molecule has 1 saturated carbocycles. The zero-order chi connectivity index (χ0) is 15.6. The minimum atomic E-state index is -4.82. The van der Waals surface area contributed by atoms with Crippen molar-refractivity contribution >= 4 is 5.97 Å². The summed E-state index contributed by atoms with van der Waals surface area (Å²) in [6.07, 6.45) is -4.80. The Bertz CT molecular complexity index is 608. The first-order valence-electron chi connectivity index (χ1n) is 6.39. The zero-order valence-electron chi connectivity index (χ0n) is 10.9. The molecule has 1 fully saturated rings. The number of nitrogens with zero attached hydrogens (tertiary/aromatic N) is 2. The summed E-state index contributed by atoms with van der Waals surface area (Å²) >= 11 is 0. The number of carbonyl (C=O) groups excluding carboxylic acids is 1. The summed E-state index contributed by atoms with van der Waals surface area (Å²) in [6, 6.07) is 0. The van der Waals surface area contributed by atoms with Crippen molar-refractivity contribution in [2.45, 2.75) is 37.9 Å². The van der Waals surface area contributed by atoms with Crippen molar-refractivity contribution in [1.29, 1.82) is 0 Å². The predicted molar refractivity (Wildman–Crippen MR) is 58.6 cm³/mol. The van der Waals surface area contributed by atoms with Crippen LogP contribution in [0.15, 0.2) is 0 Å². The van der Waals surface area contributed by atoms with E-state index in [9.17, 15) is 26.7 Å². The van der Waals surface area contributed by atoms with Gasteiger partial charge in [-0.05, 0) is 19.3 Å². The highest BCUT2D eigenvalue weighted by Gasteiger charge is 2.68. The lowest BCUT2D eigenvalue weighted by molar-refractivity contribution is -0.146. The Hall–Kier alpha value is -1.67. The van der Waals surface area contributed by atoms with Crippen LogP contribution in [0.2, 0.25) is 0 Å². The van der Waals surface area contributed by atoms with E-state index in [0.717, 1.165) is 0 Å². The number of hydrogen-bond acceptors (Lipinski definition) is 3. The Morgan fingerprint density at radius 3 is 2.71 bits per heavy atom. The molecular formula is C12H11F5N2O2. The lowest BCUT2D eigenvalue weighted by Crippen LogP contribution is -2.23. The van der Waals surface area contributed by atoms with Crippen molar-refractivity contribution in [2.75, 3.05) is 6.61 Å². The summed E-state index contributed by atoms with van der Waals surface area (Å²) in [6.45, 7) is 0.772. The van der Waals surface area contributed by atoms with E-state index in [-0.39, 0.29) is 13.0 Å². The molecule has 1 aromatic heterocycles. The van der Waals surface area contributed by atoms with Crippen molar-refractivity contribution in [3.63, 3.8) is 0 Å². The minimum absolute atomic E-state index is 0.00998. The molecule has 21 heavy (non-hydrogen) atoms. The van der Waals surface area contributed by atoms with Gasteiger partial charge in [0, 0.05) is 11.5 Å². The van der Waals surface area contributed by atoms with Crippen LogP contribution in [0, 0.1) is 5.92 Å². The van der Waals surface area contributed by atoms with Gasteiger partial charge in [-0.1, -0.05) is 0 Å². The fourth-order valence-electron chi connectivity index (χ4n) is 2.92. The summed E-state index contributed by atoms with van der Waals surface area (Å²) in [5.74, 6) is -6.21. The first-order chi connectivity index (χ1) is 9.67. The Kier molecular flexibility index (Phi) is 2.84. The normalized spacial score (nSPS) is 25.4. The summed E-state index contributed by atoms with van der Waals surface area (Å²) in [5, 5.41) is 3.21. The molecule has 1 heterocycles. The van der Waals surface area contributed by atoms with Gasteiger partial charge >= 0.3 is 12.1 Å². The smallest absolute Gasteiger partial charge is 0.435 e. The van der Waals surface area contributed by atoms with Gasteiger partial charge in [0.1, 0.15) is 12.2 Å². The molecule has 2 atom stereocenters. The molecule has 0 spiro atoms. The molecule has 2 unspecified atom stereocenters. The summed E-state index contributed by atoms with van der Waals surface area (Å²) in [4.78, 5) is 11.4. The lowest BCUT2D eigenvalue weighted by Gasteiger charge is -2.14. The average Bonchev–Trinajstić information content (AvgIpc) is 2.98. The summed E-state index contributed by atoms with van der Waals surface area (Å²) < 4.78 is 72.1. The molecule has 0 saturated heterocycles. The number of rotatable bonds is 3. The molecule has 0 bridgehead atoms. The maximum absolute atomic E-state index is 14.1. The van der Waals surface area contributed by atoms with Crippen LogP contribution in [0.3, 0.4) is 0 Å². The number of carbonyl (C=O) groups is 1. The molecule has 0 amide bonds. The van der Waals surface area contributed by atoms with Gasteiger partial charge in [0.25, 0.3) is 5.92 Å². The first-order valence-corrected chi connectivity index (χ1v) is 6.39. The van der Waals surface area contributed by atoms with Crippen molar-refractivity contribution in [3.05, 3.63) is 17.0 Å². The van der Waals surface area contributed by atoms with Gasteiger partial charge in [0.05, 0.1) is 6.61 Å². The van der Waals surface area contributed by atoms with E-state index in [1.54, 1.807) is 0 Å². The average molecular weight is 310 g/mol. The number of alkyl halides is 5. The number of halogens is 5. The molecule has 9 heteroatoms. The molecule has 0 aliphatic heterocycles. The fourth-order valence-corrected chi connectivity index (χ4v) is 2.92. The fraction of sp³-hybridized carbons (Fsp3) is 0.667. The monoisotopic (exact) mass is 310 g/mol. The van der Waals surface area contributed by atoms with Gasteiger partial charge in [-0.2, -0.15) is 27.1 Å². The lowest BCUT2D eigenvalue weighted by atomic mass is 10.1. The van der Waals surface area contributed by atoms with Crippen LogP contribution in [0.25, 0.3) is 0 Å². The van der Waals surface area contributed by atoms with Crippen LogP contribution >= 0.6 is 0 Å². The minimum Gasteiger partial charge on any atom is -0.465 e. The highest BCUT2D eigenvalue weighted by Crippen LogP contribution is 2.68. The Morgan fingerprint density at radius 2 is 2.14 bits per heavy atom. The maximum atomic E-state index is 14.1. The van der Waals surface area contributed by atoms with Crippen molar-refractivity contribution in [1.82, 2.24) is 9.78 Å². The largest absolute Gasteiger partial charge is 0.465 e. The van der Waals surface area contributed by atoms with Crippen molar-refractivity contribution in [2.24, 2.45) is 5.92 Å². The molecule has 4 nitrogen and oxygen atoms in total. The van der Waals surface area contributed by atoms with Crippen LogP contribution in [0.4, 0.5) is 22.0 Å². The van der Waals surface area contributed by atoms with Crippen LogP contribution in [-0.4, -0.2) is 22.4 Å². The summed E-state index contributed by atoms with van der Waals surface area (Å²) in [5.41, 5.74) is -2.56. The number of hydrogen-bond donors (Lipinski definition) is 0. The van der Waals surface area contributed by atoms with E-state index < -0.39 is 53.4 Å². The third-order valence-corrected chi connectivity index (χ3v) is 3.78. The summed E-state index contributed by atoms with van der Waals surface area (Å²) in [7, 11) is 0. The van der Waals surface area contributed by atoms with Gasteiger partial charge in [-0.25, -0.2) is 0 Å². The van der Waals surface area contributed by atoms with E-state index in [2.05, 4.69) is 9.84 Å². The molecule has 0 aromatic carbocycles. The second-order valence-electron chi connectivity index (χ2n) is 5.14. The van der Waals surface area contributed by atoms with Crippen molar-refractivity contribution in [3.8, 4) is 0 Å². The predicted octanol–water partition coefficient (Wildman–Crippen LogP) is 2.67. The Morgan fingerprint density at radius 1 is 1.48 bits per heavy atom. The number of esters is 1. The topological polar surface area (TPSA) is 44.1 Å². The number of fused-ring (bicyclic) bond motifs is 3. The van der Waals surface area contributed by atoms with Crippen molar-refractivity contribution < 1.29 is 31.5 Å². The van der Waals surface area contributed by atoms with Gasteiger partial charge < -0.3 is 4.74 Å². The van der Waals surface area contributed by atoms with Crippen LogP contribution in [0.1, 0.15) is 36.2 Å². The van der Waals surface area contributed by atoms with Gasteiger partial charge in [-0.15, -0.1) is 0 Å². The van der Waals surface area contributed by atoms with Crippen LogP contribution < -0.4 is 0 Å². The Labute approximate surface area is 115 Å². The molecule has 2 aliphatic carbocycles. The molecular weight excluding hydrogens is 299 g/mol. The number of aromatic nitrogens is 2. The molecule has 2 aliphatic rings. The zero-order valence-corrected chi connectivity index (χ0v) is 10.9. The van der Waals surface area contributed by atoms with E-state index >= 15 is 0 Å². The molecule has 3 rings (SSSR count). The maximum Gasteiger partial charge on any atom is 0.435 e. The third-order valence-electron chi connectivity index (χ3n) is 3.78. The standard InChI is InChI=1S/C12H11F5N2O2/c1-2-21-7(20)4-19-10-8(9(18-19)12(15,16)17)5-3-6(5)11(10,13)14/h5-6H,2-4H2,1H3. The molecule has 0 N–H and O–H groups in total.